The largest absolute Gasteiger partial charge is 0.393 e. The topological polar surface area (TPSA) is 99.4 Å². The maximum atomic E-state index is 11.3. The molecule has 0 spiro atoms. The smallest absolute Gasteiger partial charge is 0.0843 e. The Balaban J connectivity index is 1.42. The van der Waals surface area contributed by atoms with E-state index in [0.717, 1.165) is 64.2 Å². The highest BCUT2D eigenvalue weighted by atomic mass is 16.5. The number of aliphatic hydroxyl groups is 4. The Hall–Kier alpha value is -0.240. The quantitative estimate of drug-likeness (QED) is 0.456. The Kier molecular flexibility index (Phi) is 9.50. The number of methoxy groups -OCH3 is 1. The molecule has 0 heterocycles. The van der Waals surface area contributed by atoms with Crippen LogP contribution in [0.2, 0.25) is 0 Å². The first-order valence-corrected chi connectivity index (χ1v) is 13.9. The molecule has 6 nitrogen and oxygen atoms in total. The average molecular weight is 469 g/mol. The molecular formula is C27H48O6. The van der Waals surface area contributed by atoms with Crippen molar-refractivity contribution in [1.29, 1.82) is 0 Å². The lowest BCUT2D eigenvalue weighted by atomic mass is 9.71. The maximum absolute atomic E-state index is 11.3. The van der Waals surface area contributed by atoms with Crippen molar-refractivity contribution in [3.63, 3.8) is 0 Å². The van der Waals surface area contributed by atoms with E-state index in [4.69, 9.17) is 9.47 Å². The number of ether oxygens (including phenoxy) is 2. The van der Waals surface area contributed by atoms with E-state index in [1.807, 2.05) is 0 Å². The first-order valence-electron chi connectivity index (χ1n) is 13.9. The van der Waals surface area contributed by atoms with Crippen LogP contribution in [-0.4, -0.2) is 70.3 Å². The van der Waals surface area contributed by atoms with Crippen molar-refractivity contribution in [1.82, 2.24) is 0 Å². The molecule has 0 aromatic carbocycles. The van der Waals surface area contributed by atoms with E-state index in [-0.39, 0.29) is 36.1 Å². The standard InChI is InChI=1S/C27H48O6/c1-32-24-16-22(29)25(15-20(24)26(30)17-9-3-2-4-10-17)33-23-14-8-6-12-19(23)27(31)18-11-5-7-13-21(18)28/h17-31H,2-16H2,1H3. The van der Waals surface area contributed by atoms with Crippen molar-refractivity contribution in [2.24, 2.45) is 23.7 Å². The van der Waals surface area contributed by atoms with Gasteiger partial charge in [-0.05, 0) is 50.9 Å². The molecular weight excluding hydrogens is 420 g/mol. The molecule has 4 N–H and O–H groups in total. The van der Waals surface area contributed by atoms with E-state index in [0.29, 0.717) is 18.8 Å². The van der Waals surface area contributed by atoms with Crippen LogP contribution >= 0.6 is 0 Å². The fraction of sp³-hybridized carbons (Fsp3) is 1.00. The van der Waals surface area contributed by atoms with Gasteiger partial charge in [-0.2, -0.15) is 0 Å². The molecule has 0 aliphatic heterocycles. The summed E-state index contributed by atoms with van der Waals surface area (Å²) in [4.78, 5) is 0. The lowest BCUT2D eigenvalue weighted by Crippen LogP contribution is -2.52. The zero-order chi connectivity index (χ0) is 23.4. The van der Waals surface area contributed by atoms with Crippen molar-refractivity contribution in [2.75, 3.05) is 7.11 Å². The molecule has 10 atom stereocenters. The van der Waals surface area contributed by atoms with Gasteiger partial charge in [-0.1, -0.05) is 44.9 Å². The van der Waals surface area contributed by atoms with Gasteiger partial charge in [0.1, 0.15) is 0 Å². The first-order chi connectivity index (χ1) is 16.0. The molecule has 6 heteroatoms. The van der Waals surface area contributed by atoms with E-state index in [1.54, 1.807) is 7.11 Å². The number of rotatable bonds is 7. The van der Waals surface area contributed by atoms with Gasteiger partial charge in [0.15, 0.2) is 0 Å². The molecule has 0 saturated heterocycles. The number of hydrogen-bond donors (Lipinski definition) is 4. The molecule has 4 fully saturated rings. The van der Waals surface area contributed by atoms with Crippen LogP contribution in [0.3, 0.4) is 0 Å². The van der Waals surface area contributed by atoms with E-state index in [9.17, 15) is 20.4 Å². The minimum atomic E-state index is -0.621. The molecule has 0 aromatic heterocycles. The van der Waals surface area contributed by atoms with Gasteiger partial charge in [-0.3, -0.25) is 0 Å². The minimum Gasteiger partial charge on any atom is -0.393 e. The summed E-state index contributed by atoms with van der Waals surface area (Å²) in [6.07, 6.45) is 11.9. The highest BCUT2D eigenvalue weighted by Crippen LogP contribution is 2.41. The monoisotopic (exact) mass is 468 g/mol. The average Bonchev–Trinajstić information content (AvgIpc) is 2.85. The second kappa shape index (κ2) is 12.1. The summed E-state index contributed by atoms with van der Waals surface area (Å²) in [5.74, 6) is 0.224. The predicted octanol–water partition coefficient (Wildman–Crippen LogP) is 3.57. The molecule has 192 valence electrons. The molecule has 0 aromatic rings. The molecule has 4 aliphatic carbocycles. The SMILES string of the molecule is COC1CC(O)C(OC2CCCCC2C(O)C2CCCCC2O)CC1C(O)C1CCCCC1. The normalized spacial score (nSPS) is 43.2. The van der Waals surface area contributed by atoms with E-state index >= 15 is 0 Å². The molecule has 10 unspecified atom stereocenters. The second-order valence-corrected chi connectivity index (χ2v) is 11.5. The Labute approximate surface area is 200 Å². The molecule has 0 amide bonds. The molecule has 4 aliphatic rings. The van der Waals surface area contributed by atoms with Gasteiger partial charge in [0.25, 0.3) is 0 Å². The Bertz CT molecular complexity index is 581. The van der Waals surface area contributed by atoms with Gasteiger partial charge >= 0.3 is 0 Å². The second-order valence-electron chi connectivity index (χ2n) is 11.5. The van der Waals surface area contributed by atoms with Crippen LogP contribution in [0.15, 0.2) is 0 Å². The predicted molar refractivity (Wildman–Crippen MR) is 127 cm³/mol. The maximum Gasteiger partial charge on any atom is 0.0843 e. The van der Waals surface area contributed by atoms with Crippen LogP contribution in [-0.2, 0) is 9.47 Å². The Morgan fingerprint density at radius 1 is 0.576 bits per heavy atom. The van der Waals surface area contributed by atoms with Crippen LogP contribution in [0.5, 0.6) is 0 Å². The van der Waals surface area contributed by atoms with Gasteiger partial charge in [-0.25, -0.2) is 0 Å². The molecule has 4 rings (SSSR count). The minimum absolute atomic E-state index is 0.00515. The van der Waals surface area contributed by atoms with Crippen LogP contribution < -0.4 is 0 Å². The van der Waals surface area contributed by atoms with Crippen molar-refractivity contribution in [3.05, 3.63) is 0 Å². The third-order valence-corrected chi connectivity index (χ3v) is 9.52. The summed E-state index contributed by atoms with van der Waals surface area (Å²) in [6.45, 7) is 0. The van der Waals surface area contributed by atoms with Crippen molar-refractivity contribution >= 4 is 0 Å². The summed E-state index contributed by atoms with van der Waals surface area (Å²) in [7, 11) is 1.68. The summed E-state index contributed by atoms with van der Waals surface area (Å²) in [5.41, 5.74) is 0. The molecule has 4 saturated carbocycles. The van der Waals surface area contributed by atoms with Gasteiger partial charge in [0.2, 0.25) is 0 Å². The Morgan fingerprint density at radius 2 is 1.21 bits per heavy atom. The van der Waals surface area contributed by atoms with Crippen LogP contribution in [0.1, 0.15) is 96.3 Å². The molecule has 33 heavy (non-hydrogen) atoms. The highest BCUT2D eigenvalue weighted by Gasteiger charge is 2.46. The summed E-state index contributed by atoms with van der Waals surface area (Å²) < 4.78 is 12.3. The fourth-order valence-corrected chi connectivity index (χ4v) is 7.51. The number of aliphatic hydroxyl groups excluding tert-OH is 4. The molecule has 0 radical (unpaired) electrons. The lowest BCUT2D eigenvalue weighted by molar-refractivity contribution is -0.184. The fourth-order valence-electron chi connectivity index (χ4n) is 7.51. The summed E-state index contributed by atoms with van der Waals surface area (Å²) in [6, 6.07) is 0. The third kappa shape index (κ3) is 6.13. The zero-order valence-electron chi connectivity index (χ0n) is 20.6. The highest BCUT2D eigenvalue weighted by molar-refractivity contribution is 4.95. The third-order valence-electron chi connectivity index (χ3n) is 9.52. The van der Waals surface area contributed by atoms with Crippen LogP contribution in [0.4, 0.5) is 0 Å². The van der Waals surface area contributed by atoms with E-state index < -0.39 is 24.4 Å². The van der Waals surface area contributed by atoms with Crippen molar-refractivity contribution < 1.29 is 29.9 Å². The van der Waals surface area contributed by atoms with Gasteiger partial charge in [0.05, 0.1) is 42.7 Å². The first kappa shape index (κ1) is 25.8. The van der Waals surface area contributed by atoms with Gasteiger partial charge in [-0.15, -0.1) is 0 Å². The van der Waals surface area contributed by atoms with Crippen LogP contribution in [0, 0.1) is 23.7 Å². The summed E-state index contributed by atoms with van der Waals surface area (Å²) >= 11 is 0. The van der Waals surface area contributed by atoms with Crippen molar-refractivity contribution in [3.8, 4) is 0 Å². The van der Waals surface area contributed by atoms with Gasteiger partial charge < -0.3 is 29.9 Å². The number of hydrogen-bond acceptors (Lipinski definition) is 6. The zero-order valence-corrected chi connectivity index (χ0v) is 20.6. The summed E-state index contributed by atoms with van der Waals surface area (Å²) in [5, 5.41) is 44.0. The van der Waals surface area contributed by atoms with E-state index in [1.165, 1.54) is 19.3 Å². The Morgan fingerprint density at radius 3 is 1.91 bits per heavy atom. The molecule has 0 bridgehead atoms. The van der Waals surface area contributed by atoms with Crippen LogP contribution in [0.25, 0.3) is 0 Å². The van der Waals surface area contributed by atoms with Gasteiger partial charge in [0, 0.05) is 31.3 Å². The van der Waals surface area contributed by atoms with Crippen molar-refractivity contribution in [2.45, 2.75) is 139 Å². The van der Waals surface area contributed by atoms with E-state index in [2.05, 4.69) is 0 Å². The lowest BCUT2D eigenvalue weighted by Gasteiger charge is -2.46.